The van der Waals surface area contributed by atoms with Crippen molar-refractivity contribution in [2.24, 2.45) is 0 Å². The number of ether oxygens (including phenoxy) is 1. The minimum atomic E-state index is -0.511. The van der Waals surface area contributed by atoms with Crippen LogP contribution in [0.2, 0.25) is 0 Å². The van der Waals surface area contributed by atoms with Crippen molar-refractivity contribution in [3.8, 4) is 11.5 Å². The van der Waals surface area contributed by atoms with E-state index in [4.69, 9.17) is 4.74 Å². The smallest absolute Gasteiger partial charge is 0.237 e. The molecule has 2 aromatic carbocycles. The molecule has 1 fully saturated rings. The van der Waals surface area contributed by atoms with E-state index in [2.05, 4.69) is 25.5 Å². The van der Waals surface area contributed by atoms with Gasteiger partial charge in [-0.25, -0.2) is 4.98 Å². The van der Waals surface area contributed by atoms with Crippen LogP contribution in [0.15, 0.2) is 60.8 Å². The number of rotatable bonds is 9. The fourth-order valence-corrected chi connectivity index (χ4v) is 3.90. The summed E-state index contributed by atoms with van der Waals surface area (Å²) < 4.78 is 5.93. The van der Waals surface area contributed by atoms with Crippen molar-refractivity contribution >= 4 is 11.8 Å². The van der Waals surface area contributed by atoms with Crippen LogP contribution in [-0.4, -0.2) is 52.4 Å². The Morgan fingerprint density at radius 2 is 2.00 bits per heavy atom. The van der Waals surface area contributed by atoms with Gasteiger partial charge in [-0.1, -0.05) is 30.3 Å². The molecule has 8 nitrogen and oxygen atoms in total. The molecule has 4 rings (SSSR count). The Hall–Kier alpha value is -3.65. The molecule has 0 spiro atoms. The van der Waals surface area contributed by atoms with Crippen LogP contribution < -0.4 is 15.4 Å². The molecular weight excluding hydrogens is 418 g/mol. The van der Waals surface area contributed by atoms with Crippen LogP contribution in [0.25, 0.3) is 0 Å². The van der Waals surface area contributed by atoms with Gasteiger partial charge in [-0.05, 0) is 36.8 Å². The highest BCUT2D eigenvalue weighted by atomic mass is 16.5. The summed E-state index contributed by atoms with van der Waals surface area (Å²) in [6, 6.07) is 16.9. The van der Waals surface area contributed by atoms with Crippen molar-refractivity contribution in [2.75, 3.05) is 19.6 Å². The third-order valence-corrected chi connectivity index (χ3v) is 5.52. The number of para-hydroxylation sites is 1. The van der Waals surface area contributed by atoms with Crippen LogP contribution in [0.3, 0.4) is 0 Å². The van der Waals surface area contributed by atoms with Gasteiger partial charge in [0.25, 0.3) is 0 Å². The molecule has 0 bridgehead atoms. The topological polar surface area (TPSA) is 99.3 Å². The molecule has 0 radical (unpaired) electrons. The van der Waals surface area contributed by atoms with E-state index in [0.29, 0.717) is 32.6 Å². The summed E-state index contributed by atoms with van der Waals surface area (Å²) in [5, 5.41) is 5.79. The zero-order valence-electron chi connectivity index (χ0n) is 18.7. The van der Waals surface area contributed by atoms with Crippen LogP contribution in [0.1, 0.15) is 23.5 Å². The first-order valence-electron chi connectivity index (χ1n) is 11.2. The summed E-state index contributed by atoms with van der Waals surface area (Å²) in [5.41, 5.74) is 2.01. The van der Waals surface area contributed by atoms with Crippen molar-refractivity contribution in [1.82, 2.24) is 25.5 Å². The van der Waals surface area contributed by atoms with Gasteiger partial charge in [-0.2, -0.15) is 0 Å². The summed E-state index contributed by atoms with van der Waals surface area (Å²) in [6.45, 7) is 4.21. The number of hydrogen-bond donors (Lipinski definition) is 3. The van der Waals surface area contributed by atoms with Crippen LogP contribution in [-0.2, 0) is 22.6 Å². The van der Waals surface area contributed by atoms with Crippen molar-refractivity contribution in [3.63, 3.8) is 0 Å². The minimum Gasteiger partial charge on any atom is -0.457 e. The Kier molecular flexibility index (Phi) is 7.36. The first kappa shape index (κ1) is 22.5. The van der Waals surface area contributed by atoms with Crippen molar-refractivity contribution < 1.29 is 14.3 Å². The Labute approximate surface area is 193 Å². The average molecular weight is 448 g/mol. The van der Waals surface area contributed by atoms with Gasteiger partial charge in [-0.3, -0.25) is 14.5 Å². The lowest BCUT2D eigenvalue weighted by molar-refractivity contribution is -0.134. The first-order chi connectivity index (χ1) is 16.1. The summed E-state index contributed by atoms with van der Waals surface area (Å²) in [5.74, 6) is 2.08. The average Bonchev–Trinajstić information content (AvgIpc) is 3.22. The molecule has 1 saturated heterocycles. The molecule has 1 aliphatic rings. The number of benzene rings is 2. The van der Waals surface area contributed by atoms with Crippen molar-refractivity contribution in [3.05, 3.63) is 77.9 Å². The second-order valence-electron chi connectivity index (χ2n) is 8.16. The number of nitrogens with one attached hydrogen (secondary N) is 3. The summed E-state index contributed by atoms with van der Waals surface area (Å²) >= 11 is 0. The summed E-state index contributed by atoms with van der Waals surface area (Å²) in [4.78, 5) is 34.5. The lowest BCUT2D eigenvalue weighted by atomic mass is 10.1. The molecule has 2 amide bonds. The van der Waals surface area contributed by atoms with Gasteiger partial charge in [-0.15, -0.1) is 0 Å². The molecule has 1 aliphatic heterocycles. The normalized spacial score (nSPS) is 16.3. The molecule has 0 saturated carbocycles. The number of piperazine rings is 1. The number of hydrogen-bond acceptors (Lipinski definition) is 5. The lowest BCUT2D eigenvalue weighted by Gasteiger charge is -2.34. The largest absolute Gasteiger partial charge is 0.457 e. The molecular formula is C25H29N5O3. The predicted octanol–water partition coefficient (Wildman–Crippen LogP) is 2.56. The molecule has 3 N–H and O–H groups in total. The highest BCUT2D eigenvalue weighted by molar-refractivity contribution is 5.88. The molecule has 2 heterocycles. The van der Waals surface area contributed by atoms with E-state index in [0.717, 1.165) is 28.6 Å². The third-order valence-electron chi connectivity index (χ3n) is 5.52. The number of imidazole rings is 1. The number of aromatic nitrogens is 2. The van der Waals surface area contributed by atoms with E-state index in [1.165, 1.54) is 0 Å². The number of carbonyl (C=O) groups is 2. The van der Waals surface area contributed by atoms with Crippen molar-refractivity contribution in [1.29, 1.82) is 0 Å². The van der Waals surface area contributed by atoms with E-state index in [9.17, 15) is 9.59 Å². The molecule has 33 heavy (non-hydrogen) atoms. The molecule has 8 heteroatoms. The van der Waals surface area contributed by atoms with Gasteiger partial charge < -0.3 is 20.4 Å². The number of H-pyrrole nitrogens is 1. The van der Waals surface area contributed by atoms with Crippen LogP contribution in [0, 0.1) is 6.92 Å². The van der Waals surface area contributed by atoms with E-state index in [1.54, 1.807) is 6.20 Å². The number of aryl methyl sites for hydroxylation is 1. The zero-order valence-corrected chi connectivity index (χ0v) is 18.7. The van der Waals surface area contributed by atoms with Crippen LogP contribution >= 0.6 is 0 Å². The number of nitrogens with zero attached hydrogens (tertiary/aromatic N) is 2. The quantitative estimate of drug-likeness (QED) is 0.468. The second kappa shape index (κ2) is 10.8. The highest BCUT2D eigenvalue weighted by Crippen LogP contribution is 2.23. The SMILES string of the molecule is Cc1cnc(CCNC(=O)CC2C(=O)NCCN2Cc2cccc(Oc3ccccc3)c2)[nH]1. The van der Waals surface area contributed by atoms with E-state index >= 15 is 0 Å². The number of amides is 2. The van der Waals surface area contributed by atoms with Gasteiger partial charge in [0.15, 0.2) is 0 Å². The van der Waals surface area contributed by atoms with Gasteiger partial charge in [0.2, 0.25) is 11.8 Å². The Bertz CT molecular complexity index is 1080. The highest BCUT2D eigenvalue weighted by Gasteiger charge is 2.31. The molecule has 1 unspecified atom stereocenters. The Morgan fingerprint density at radius 1 is 1.18 bits per heavy atom. The maximum absolute atomic E-state index is 12.6. The minimum absolute atomic E-state index is 0.114. The fourth-order valence-electron chi connectivity index (χ4n) is 3.90. The standard InChI is InChI=1S/C25H29N5O3/c1-18-16-28-23(29-18)10-11-26-24(31)15-22-25(32)27-12-13-30(22)17-19-6-5-9-21(14-19)33-20-7-3-2-4-8-20/h2-9,14,16,22H,10-13,15,17H2,1H3,(H,26,31)(H,27,32)(H,28,29). The molecule has 0 aliphatic carbocycles. The third kappa shape index (κ3) is 6.43. The van der Waals surface area contributed by atoms with Crippen LogP contribution in [0.4, 0.5) is 0 Å². The molecule has 3 aromatic rings. The summed E-state index contributed by atoms with van der Waals surface area (Å²) in [6.07, 6.45) is 2.50. The van der Waals surface area contributed by atoms with Gasteiger partial charge in [0.05, 0.1) is 12.5 Å². The van der Waals surface area contributed by atoms with E-state index in [1.807, 2.05) is 61.5 Å². The van der Waals surface area contributed by atoms with Crippen molar-refractivity contribution in [2.45, 2.75) is 32.4 Å². The Morgan fingerprint density at radius 3 is 2.79 bits per heavy atom. The maximum Gasteiger partial charge on any atom is 0.237 e. The van der Waals surface area contributed by atoms with E-state index in [-0.39, 0.29) is 18.2 Å². The molecule has 172 valence electrons. The van der Waals surface area contributed by atoms with Crippen LogP contribution in [0.5, 0.6) is 11.5 Å². The lowest BCUT2D eigenvalue weighted by Crippen LogP contribution is -2.56. The predicted molar refractivity (Wildman–Crippen MR) is 125 cm³/mol. The first-order valence-corrected chi connectivity index (χ1v) is 11.2. The number of carbonyl (C=O) groups excluding carboxylic acids is 2. The van der Waals surface area contributed by atoms with Gasteiger partial charge >= 0.3 is 0 Å². The Balaban J connectivity index is 1.34. The zero-order chi connectivity index (χ0) is 23.0. The number of aromatic amines is 1. The molecule has 1 aromatic heterocycles. The van der Waals surface area contributed by atoms with Gasteiger partial charge in [0, 0.05) is 44.5 Å². The summed E-state index contributed by atoms with van der Waals surface area (Å²) in [7, 11) is 0. The monoisotopic (exact) mass is 447 g/mol. The van der Waals surface area contributed by atoms with Gasteiger partial charge in [0.1, 0.15) is 17.3 Å². The fraction of sp³-hybridized carbons (Fsp3) is 0.320. The molecule has 1 atom stereocenters. The second-order valence-corrected chi connectivity index (χ2v) is 8.16. The van der Waals surface area contributed by atoms with E-state index < -0.39 is 6.04 Å². The maximum atomic E-state index is 12.6.